The van der Waals surface area contributed by atoms with Gasteiger partial charge < -0.3 is 14.8 Å². The fourth-order valence-electron chi connectivity index (χ4n) is 2.50. The van der Waals surface area contributed by atoms with Crippen LogP contribution in [0.2, 0.25) is 0 Å². The molecule has 2 aromatic rings. The van der Waals surface area contributed by atoms with Crippen molar-refractivity contribution in [1.82, 2.24) is 4.98 Å². The summed E-state index contributed by atoms with van der Waals surface area (Å²) in [5.41, 5.74) is 1.86. The number of anilines is 1. The first kappa shape index (κ1) is 21.1. The zero-order chi connectivity index (χ0) is 20.4. The third-order valence-electron chi connectivity index (χ3n) is 3.78. The number of hydrogen-bond acceptors (Lipinski definition) is 8. The van der Waals surface area contributed by atoms with Gasteiger partial charge >= 0.3 is 0 Å². The minimum Gasteiger partial charge on any atom is -0.491 e. The zero-order valence-corrected chi connectivity index (χ0v) is 16.5. The van der Waals surface area contributed by atoms with Crippen molar-refractivity contribution in [3.63, 3.8) is 0 Å². The zero-order valence-electron chi connectivity index (χ0n) is 15.7. The van der Waals surface area contributed by atoms with Crippen molar-refractivity contribution in [2.45, 2.75) is 11.4 Å². The van der Waals surface area contributed by atoms with Gasteiger partial charge in [0.15, 0.2) is 0 Å². The maximum absolute atomic E-state index is 9.76. The Morgan fingerprint density at radius 2 is 1.79 bits per heavy atom. The van der Waals surface area contributed by atoms with E-state index in [4.69, 9.17) is 14.7 Å². The molecule has 0 unspecified atom stereocenters. The Hall–Kier alpha value is -3.25. The van der Waals surface area contributed by atoms with Gasteiger partial charge in [-0.25, -0.2) is 4.98 Å². The average Bonchev–Trinajstić information content (AvgIpc) is 2.73. The van der Waals surface area contributed by atoms with Gasteiger partial charge in [-0.2, -0.15) is 15.8 Å². The number of ether oxygens (including phenoxy) is 2. The van der Waals surface area contributed by atoms with Crippen LogP contribution in [0.25, 0.3) is 11.1 Å². The quantitative estimate of drug-likeness (QED) is 0.508. The van der Waals surface area contributed by atoms with Crippen LogP contribution in [0.3, 0.4) is 0 Å². The van der Waals surface area contributed by atoms with E-state index in [0.29, 0.717) is 64.2 Å². The fraction of sp³-hybridized carbons (Fsp3) is 0.300. The summed E-state index contributed by atoms with van der Waals surface area (Å²) in [5.74, 6) is 1.58. The molecule has 0 spiro atoms. The summed E-state index contributed by atoms with van der Waals surface area (Å²) in [6.07, 6.45) is 0.342. The Labute approximate surface area is 168 Å². The molecule has 0 saturated carbocycles. The number of nitriles is 3. The first-order chi connectivity index (χ1) is 13.7. The molecule has 0 aliphatic heterocycles. The van der Waals surface area contributed by atoms with Crippen molar-refractivity contribution < 1.29 is 9.47 Å². The van der Waals surface area contributed by atoms with E-state index in [9.17, 15) is 10.5 Å². The lowest BCUT2D eigenvalue weighted by atomic mass is 9.96. The van der Waals surface area contributed by atoms with Gasteiger partial charge in [0.2, 0.25) is 0 Å². The molecule has 0 amide bonds. The minimum absolute atomic E-state index is 0.303. The molecular weight excluding hydrogens is 374 g/mol. The molecule has 1 N–H and O–H groups in total. The second kappa shape index (κ2) is 10.8. The fourth-order valence-corrected chi connectivity index (χ4v) is 3.34. The summed E-state index contributed by atoms with van der Waals surface area (Å²) in [7, 11) is 3.28. The van der Waals surface area contributed by atoms with E-state index in [1.54, 1.807) is 26.3 Å². The lowest BCUT2D eigenvalue weighted by molar-refractivity contribution is 0.146. The van der Waals surface area contributed by atoms with E-state index in [1.165, 1.54) is 11.8 Å². The Morgan fingerprint density at radius 1 is 1.07 bits per heavy atom. The Balaban J connectivity index is 2.51. The summed E-state index contributed by atoms with van der Waals surface area (Å²) < 4.78 is 10.5. The van der Waals surface area contributed by atoms with Crippen LogP contribution >= 0.6 is 11.8 Å². The van der Waals surface area contributed by atoms with Gasteiger partial charge in [-0.3, -0.25) is 0 Å². The summed E-state index contributed by atoms with van der Waals surface area (Å²) in [6, 6.07) is 13.6. The Kier molecular flexibility index (Phi) is 8.11. The van der Waals surface area contributed by atoms with Crippen molar-refractivity contribution in [3.05, 3.63) is 35.4 Å². The van der Waals surface area contributed by atoms with E-state index in [2.05, 4.69) is 28.5 Å². The molecule has 0 fully saturated rings. The molecule has 2 rings (SSSR count). The van der Waals surface area contributed by atoms with Gasteiger partial charge in [0.05, 0.1) is 18.2 Å². The van der Waals surface area contributed by atoms with Crippen LogP contribution in [-0.4, -0.2) is 38.1 Å². The van der Waals surface area contributed by atoms with E-state index in [1.807, 2.05) is 12.1 Å². The van der Waals surface area contributed by atoms with Crippen LogP contribution < -0.4 is 10.1 Å². The lowest BCUT2D eigenvalue weighted by Gasteiger charge is -2.15. The first-order valence-electron chi connectivity index (χ1n) is 8.48. The monoisotopic (exact) mass is 393 g/mol. The van der Waals surface area contributed by atoms with Gasteiger partial charge in [-0.15, -0.1) is 11.8 Å². The predicted octanol–water partition coefficient (Wildman–Crippen LogP) is 3.56. The maximum Gasteiger partial charge on any atom is 0.145 e. The largest absolute Gasteiger partial charge is 0.491 e. The normalized spacial score (nSPS) is 9.82. The maximum atomic E-state index is 9.76. The second-order valence-electron chi connectivity index (χ2n) is 5.49. The number of pyridine rings is 1. The molecular formula is C20H19N5O2S. The molecule has 0 saturated heterocycles. The standard InChI is InChI=1S/C20H19N5O2S/c1-24-19-16(12-22)18(17(13-23)20(25-19)28-11-3-8-21)14-4-6-15(7-5-14)27-10-9-26-2/h4-7H,3,9-11H2,1-2H3,(H,24,25). The molecule has 0 radical (unpaired) electrons. The highest BCUT2D eigenvalue weighted by atomic mass is 32.2. The van der Waals surface area contributed by atoms with Crippen LogP contribution in [-0.2, 0) is 4.74 Å². The summed E-state index contributed by atoms with van der Waals surface area (Å²) in [4.78, 5) is 4.42. The van der Waals surface area contributed by atoms with Crippen LogP contribution in [0.15, 0.2) is 29.3 Å². The molecule has 0 aliphatic rings. The van der Waals surface area contributed by atoms with E-state index in [-0.39, 0.29) is 0 Å². The highest BCUT2D eigenvalue weighted by Gasteiger charge is 2.21. The molecule has 28 heavy (non-hydrogen) atoms. The highest BCUT2D eigenvalue weighted by Crippen LogP contribution is 2.37. The summed E-state index contributed by atoms with van der Waals surface area (Å²) in [6.45, 7) is 0.916. The summed E-state index contributed by atoms with van der Waals surface area (Å²) in [5, 5.41) is 31.6. The van der Waals surface area contributed by atoms with Crippen LogP contribution in [0.5, 0.6) is 5.75 Å². The second-order valence-corrected chi connectivity index (χ2v) is 6.57. The topological polar surface area (TPSA) is 115 Å². The number of methoxy groups -OCH3 is 1. The Morgan fingerprint density at radius 3 is 2.36 bits per heavy atom. The molecule has 8 heteroatoms. The number of benzene rings is 1. The van der Waals surface area contributed by atoms with Crippen molar-refractivity contribution in [1.29, 1.82) is 15.8 Å². The van der Waals surface area contributed by atoms with Crippen LogP contribution in [0.4, 0.5) is 5.82 Å². The van der Waals surface area contributed by atoms with Crippen molar-refractivity contribution >= 4 is 17.6 Å². The summed E-state index contributed by atoms with van der Waals surface area (Å²) >= 11 is 1.33. The molecule has 1 aromatic carbocycles. The smallest absolute Gasteiger partial charge is 0.145 e. The molecule has 0 aliphatic carbocycles. The molecule has 1 heterocycles. The number of hydrogen-bond donors (Lipinski definition) is 1. The third kappa shape index (κ3) is 4.92. The van der Waals surface area contributed by atoms with Crippen molar-refractivity contribution in [3.8, 4) is 35.1 Å². The molecule has 7 nitrogen and oxygen atoms in total. The number of aromatic nitrogens is 1. The first-order valence-corrected chi connectivity index (χ1v) is 9.46. The number of thioether (sulfide) groups is 1. The third-order valence-corrected chi connectivity index (χ3v) is 4.75. The predicted molar refractivity (Wildman–Crippen MR) is 107 cm³/mol. The number of nitrogens with one attached hydrogen (secondary N) is 1. The SMILES string of the molecule is CNc1nc(SCCC#N)c(C#N)c(-c2ccc(OCCOC)cc2)c1C#N. The molecule has 142 valence electrons. The van der Waals surface area contributed by atoms with Gasteiger partial charge in [-0.05, 0) is 17.7 Å². The highest BCUT2D eigenvalue weighted by molar-refractivity contribution is 7.99. The van der Waals surface area contributed by atoms with Gasteiger partial charge in [0.1, 0.15) is 40.9 Å². The van der Waals surface area contributed by atoms with Gasteiger partial charge in [0.25, 0.3) is 0 Å². The molecule has 0 bridgehead atoms. The van der Waals surface area contributed by atoms with Crippen molar-refractivity contribution in [2.75, 3.05) is 38.4 Å². The van der Waals surface area contributed by atoms with E-state index in [0.717, 1.165) is 0 Å². The molecule has 1 aromatic heterocycles. The van der Waals surface area contributed by atoms with Gasteiger partial charge in [-0.1, -0.05) is 12.1 Å². The van der Waals surface area contributed by atoms with E-state index >= 15 is 0 Å². The van der Waals surface area contributed by atoms with E-state index < -0.39 is 0 Å². The van der Waals surface area contributed by atoms with Crippen molar-refractivity contribution in [2.24, 2.45) is 0 Å². The van der Waals surface area contributed by atoms with Crippen LogP contribution in [0, 0.1) is 34.0 Å². The number of nitrogens with zero attached hydrogens (tertiary/aromatic N) is 4. The minimum atomic E-state index is 0.303. The number of rotatable bonds is 9. The lowest BCUT2D eigenvalue weighted by Crippen LogP contribution is -2.05. The Bertz CT molecular complexity index is 940. The average molecular weight is 393 g/mol. The van der Waals surface area contributed by atoms with Gasteiger partial charge in [0, 0.05) is 31.9 Å². The molecule has 0 atom stereocenters. The van der Waals surface area contributed by atoms with Crippen LogP contribution in [0.1, 0.15) is 17.5 Å².